The fourth-order valence-electron chi connectivity index (χ4n) is 2.67. The number of halogens is 4. The van der Waals surface area contributed by atoms with E-state index in [0.29, 0.717) is 12.0 Å². The van der Waals surface area contributed by atoms with Crippen molar-refractivity contribution in [2.75, 3.05) is 0 Å². The summed E-state index contributed by atoms with van der Waals surface area (Å²) in [5, 5.41) is 0. The molecule has 2 N–H and O–H groups in total. The van der Waals surface area contributed by atoms with Crippen LogP contribution in [-0.4, -0.2) is 6.04 Å². The molecule has 1 aromatic carbocycles. The van der Waals surface area contributed by atoms with E-state index in [1.165, 1.54) is 6.07 Å². The van der Waals surface area contributed by atoms with E-state index in [-0.39, 0.29) is 11.5 Å². The Balaban J connectivity index is 2.35. The molecule has 0 heterocycles. The summed E-state index contributed by atoms with van der Waals surface area (Å²) in [5.41, 5.74) is 4.88. The van der Waals surface area contributed by atoms with Crippen LogP contribution in [0.4, 0.5) is 17.6 Å². The predicted molar refractivity (Wildman–Crippen MR) is 60.6 cm³/mol. The molecule has 0 amide bonds. The lowest BCUT2D eigenvalue weighted by Crippen LogP contribution is -2.23. The summed E-state index contributed by atoms with van der Waals surface area (Å²) in [7, 11) is 0. The van der Waals surface area contributed by atoms with E-state index in [1.54, 1.807) is 0 Å². The summed E-state index contributed by atoms with van der Waals surface area (Å²) in [6.07, 6.45) is -2.37. The first-order chi connectivity index (χ1) is 8.22. The number of hydrogen-bond acceptors (Lipinski definition) is 1. The van der Waals surface area contributed by atoms with Crippen LogP contribution in [-0.2, 0) is 11.6 Å². The van der Waals surface area contributed by atoms with Gasteiger partial charge in [0.25, 0.3) is 0 Å². The molecule has 1 fully saturated rings. The lowest BCUT2D eigenvalue weighted by molar-refractivity contribution is -0.140. The van der Waals surface area contributed by atoms with Gasteiger partial charge in [0.2, 0.25) is 0 Å². The summed E-state index contributed by atoms with van der Waals surface area (Å²) in [6, 6.07) is 3.23. The number of rotatable bonds is 1. The van der Waals surface area contributed by atoms with Gasteiger partial charge in [-0.1, -0.05) is 13.0 Å². The molecule has 0 saturated heterocycles. The Morgan fingerprint density at radius 2 is 2.00 bits per heavy atom. The molecule has 1 aromatic rings. The number of alkyl halides is 3. The molecule has 1 nitrogen and oxygen atoms in total. The zero-order valence-corrected chi connectivity index (χ0v) is 10.0. The Labute approximate surface area is 103 Å². The van der Waals surface area contributed by atoms with E-state index >= 15 is 0 Å². The Kier molecular flexibility index (Phi) is 3.13. The number of nitrogens with two attached hydrogens (primary N) is 1. The zero-order chi connectivity index (χ0) is 13.6. The van der Waals surface area contributed by atoms with Gasteiger partial charge in [-0.3, -0.25) is 0 Å². The van der Waals surface area contributed by atoms with Crippen molar-refractivity contribution in [2.24, 2.45) is 5.73 Å². The smallest absolute Gasteiger partial charge is 0.328 e. The molecular weight excluding hydrogens is 246 g/mol. The minimum atomic E-state index is -4.64. The molecule has 1 aliphatic carbocycles. The third-order valence-electron chi connectivity index (χ3n) is 3.75. The van der Waals surface area contributed by atoms with Gasteiger partial charge in [-0.2, -0.15) is 13.2 Å². The summed E-state index contributed by atoms with van der Waals surface area (Å²) in [5.74, 6) is -1.21. The van der Waals surface area contributed by atoms with E-state index in [9.17, 15) is 17.6 Å². The summed E-state index contributed by atoms with van der Waals surface area (Å²) in [6.45, 7) is 1.92. The molecule has 0 spiro atoms. The molecule has 0 bridgehead atoms. The Morgan fingerprint density at radius 3 is 2.44 bits per heavy atom. The molecular formula is C13H15F4N. The average Bonchev–Trinajstić information content (AvgIpc) is 2.58. The maximum atomic E-state index is 13.5. The van der Waals surface area contributed by atoms with E-state index in [4.69, 9.17) is 5.73 Å². The van der Waals surface area contributed by atoms with Crippen LogP contribution in [0.3, 0.4) is 0 Å². The standard InChI is InChI=1S/C13H15F4N/c1-12(5-4-9(18)7-12)8-2-3-10(11(14)6-8)13(15,16)17/h2-3,6,9H,4-5,7,18H2,1H3. The summed E-state index contributed by atoms with van der Waals surface area (Å²) < 4.78 is 50.9. The second kappa shape index (κ2) is 4.23. The van der Waals surface area contributed by atoms with Gasteiger partial charge >= 0.3 is 6.18 Å². The third kappa shape index (κ3) is 2.36. The highest BCUT2D eigenvalue weighted by atomic mass is 19.4. The van der Waals surface area contributed by atoms with E-state index in [0.717, 1.165) is 25.0 Å². The quantitative estimate of drug-likeness (QED) is 0.768. The zero-order valence-electron chi connectivity index (χ0n) is 10.0. The second-order valence-corrected chi connectivity index (χ2v) is 5.26. The third-order valence-corrected chi connectivity index (χ3v) is 3.75. The Morgan fingerprint density at radius 1 is 1.33 bits per heavy atom. The summed E-state index contributed by atoms with van der Waals surface area (Å²) >= 11 is 0. The molecule has 1 aliphatic rings. The molecule has 18 heavy (non-hydrogen) atoms. The van der Waals surface area contributed by atoms with Crippen LogP contribution in [0, 0.1) is 5.82 Å². The van der Waals surface area contributed by atoms with Crippen LogP contribution in [0.1, 0.15) is 37.3 Å². The van der Waals surface area contributed by atoms with Crippen molar-refractivity contribution in [1.82, 2.24) is 0 Å². The van der Waals surface area contributed by atoms with E-state index < -0.39 is 17.6 Å². The van der Waals surface area contributed by atoms with Crippen LogP contribution in [0.25, 0.3) is 0 Å². The molecule has 0 aliphatic heterocycles. The van der Waals surface area contributed by atoms with Crippen LogP contribution in [0.2, 0.25) is 0 Å². The Bertz CT molecular complexity index is 455. The summed E-state index contributed by atoms with van der Waals surface area (Å²) in [4.78, 5) is 0. The fourth-order valence-corrected chi connectivity index (χ4v) is 2.67. The molecule has 100 valence electrons. The molecule has 2 atom stereocenters. The molecule has 2 rings (SSSR count). The SMILES string of the molecule is CC1(c2ccc(C(F)(F)F)c(F)c2)CCC(N)C1. The van der Waals surface area contributed by atoms with E-state index in [1.807, 2.05) is 6.92 Å². The normalized spacial score (nSPS) is 28.7. The van der Waals surface area contributed by atoms with Crippen molar-refractivity contribution in [3.63, 3.8) is 0 Å². The first-order valence-electron chi connectivity index (χ1n) is 5.85. The Hall–Kier alpha value is -1.10. The molecule has 0 radical (unpaired) electrons. The van der Waals surface area contributed by atoms with Gasteiger partial charge in [0.1, 0.15) is 5.82 Å². The van der Waals surface area contributed by atoms with Crippen LogP contribution < -0.4 is 5.73 Å². The van der Waals surface area contributed by atoms with Crippen molar-refractivity contribution < 1.29 is 17.6 Å². The molecule has 0 aromatic heterocycles. The van der Waals surface area contributed by atoms with Crippen molar-refractivity contribution in [3.8, 4) is 0 Å². The first-order valence-corrected chi connectivity index (χ1v) is 5.85. The van der Waals surface area contributed by atoms with Gasteiger partial charge in [-0.25, -0.2) is 4.39 Å². The fraction of sp³-hybridized carbons (Fsp3) is 0.538. The van der Waals surface area contributed by atoms with Gasteiger partial charge in [-0.05, 0) is 42.4 Å². The molecule has 2 unspecified atom stereocenters. The molecule has 5 heteroatoms. The van der Waals surface area contributed by atoms with Gasteiger partial charge in [0.15, 0.2) is 0 Å². The minimum Gasteiger partial charge on any atom is -0.328 e. The lowest BCUT2D eigenvalue weighted by Gasteiger charge is -2.25. The highest BCUT2D eigenvalue weighted by Crippen LogP contribution is 2.41. The number of hydrogen-bond donors (Lipinski definition) is 1. The van der Waals surface area contributed by atoms with Crippen LogP contribution in [0.15, 0.2) is 18.2 Å². The highest BCUT2D eigenvalue weighted by Gasteiger charge is 2.38. The topological polar surface area (TPSA) is 26.0 Å². The van der Waals surface area contributed by atoms with E-state index in [2.05, 4.69) is 0 Å². The predicted octanol–water partition coefficient (Wildman–Crippen LogP) is 3.61. The van der Waals surface area contributed by atoms with Gasteiger partial charge < -0.3 is 5.73 Å². The largest absolute Gasteiger partial charge is 0.419 e. The van der Waals surface area contributed by atoms with Crippen molar-refractivity contribution in [2.45, 2.75) is 43.8 Å². The van der Waals surface area contributed by atoms with Crippen LogP contribution >= 0.6 is 0 Å². The van der Waals surface area contributed by atoms with Gasteiger partial charge in [-0.15, -0.1) is 0 Å². The monoisotopic (exact) mass is 261 g/mol. The van der Waals surface area contributed by atoms with Crippen molar-refractivity contribution in [1.29, 1.82) is 0 Å². The highest BCUT2D eigenvalue weighted by molar-refractivity contribution is 5.32. The average molecular weight is 261 g/mol. The second-order valence-electron chi connectivity index (χ2n) is 5.26. The van der Waals surface area contributed by atoms with Crippen molar-refractivity contribution >= 4 is 0 Å². The lowest BCUT2D eigenvalue weighted by atomic mass is 9.80. The molecule has 1 saturated carbocycles. The number of benzene rings is 1. The van der Waals surface area contributed by atoms with Crippen LogP contribution in [0.5, 0.6) is 0 Å². The first kappa shape index (κ1) is 13.3. The maximum absolute atomic E-state index is 13.5. The maximum Gasteiger partial charge on any atom is 0.419 e. The van der Waals surface area contributed by atoms with Gasteiger partial charge in [0.05, 0.1) is 5.56 Å². The van der Waals surface area contributed by atoms with Crippen molar-refractivity contribution in [3.05, 3.63) is 35.1 Å². The van der Waals surface area contributed by atoms with Gasteiger partial charge in [0, 0.05) is 6.04 Å². The minimum absolute atomic E-state index is 0.0420.